The van der Waals surface area contributed by atoms with Crippen molar-refractivity contribution in [3.63, 3.8) is 0 Å². The zero-order valence-corrected chi connectivity index (χ0v) is 19.9. The quantitative estimate of drug-likeness (QED) is 0.246. The predicted octanol–water partition coefficient (Wildman–Crippen LogP) is 2.61. The number of amides is 1. The molecule has 0 bridgehead atoms. The predicted molar refractivity (Wildman–Crippen MR) is 133 cm³/mol. The molecule has 12 heteroatoms. The highest BCUT2D eigenvalue weighted by atomic mass is 35.5. The molecular weight excluding hydrogens is 505 g/mol. The molecule has 0 unspecified atom stereocenters. The van der Waals surface area contributed by atoms with Crippen molar-refractivity contribution in [2.24, 2.45) is 0 Å². The summed E-state index contributed by atoms with van der Waals surface area (Å²) in [6, 6.07) is 16.9. The van der Waals surface area contributed by atoms with E-state index in [0.717, 1.165) is 10.7 Å². The number of aromatic nitrogens is 3. The molecule has 2 heterocycles. The first kappa shape index (κ1) is 25.8. The third kappa shape index (κ3) is 6.28. The van der Waals surface area contributed by atoms with Gasteiger partial charge in [0, 0.05) is 29.4 Å². The fourth-order valence-corrected chi connectivity index (χ4v) is 3.71. The van der Waals surface area contributed by atoms with Gasteiger partial charge >= 0.3 is 5.97 Å². The molecule has 4 N–H and O–H groups in total. The Labute approximate surface area is 214 Å². The molecule has 2 aromatic heterocycles. The number of rotatable bonds is 9. The highest BCUT2D eigenvalue weighted by Crippen LogP contribution is 2.26. The second-order valence-corrected chi connectivity index (χ2v) is 8.46. The molecule has 1 atom stereocenters. The number of hydrogen-bond acceptors (Lipinski definition) is 6. The first-order valence-electron chi connectivity index (χ1n) is 11.0. The molecule has 2 aromatic carbocycles. The minimum absolute atomic E-state index is 0.000427. The van der Waals surface area contributed by atoms with Gasteiger partial charge in [-0.2, -0.15) is 0 Å². The topological polar surface area (TPSA) is 141 Å². The zero-order chi connectivity index (χ0) is 26.5. The largest absolute Gasteiger partial charge is 0.479 e. The summed E-state index contributed by atoms with van der Waals surface area (Å²) in [4.78, 5) is 40.5. The third-order valence-electron chi connectivity index (χ3n) is 5.35. The Bertz CT molecular complexity index is 1470. The Morgan fingerprint density at radius 2 is 1.89 bits per heavy atom. The molecule has 4 aromatic rings. The lowest BCUT2D eigenvalue weighted by Crippen LogP contribution is -2.47. The van der Waals surface area contributed by atoms with E-state index in [-0.39, 0.29) is 18.1 Å². The van der Waals surface area contributed by atoms with Crippen molar-refractivity contribution < 1.29 is 24.2 Å². The Morgan fingerprint density at radius 1 is 1.14 bits per heavy atom. The SMILES string of the molecule is O=C(NN(Cc1ccc(-c2cc(Cl)ccc2F)cc1)C[C@@H](O)C(=O)O)c1cc(=O)n(-c2ccccn2)[nH]1. The number of nitrogens with zero attached hydrogens (tertiary/aromatic N) is 3. The number of benzene rings is 2. The van der Waals surface area contributed by atoms with Crippen molar-refractivity contribution in [1.29, 1.82) is 0 Å². The lowest BCUT2D eigenvalue weighted by atomic mass is 10.0. The minimum atomic E-state index is -1.79. The first-order chi connectivity index (χ1) is 17.7. The van der Waals surface area contributed by atoms with Crippen molar-refractivity contribution in [3.8, 4) is 16.9 Å². The number of aliphatic carboxylic acids is 1. The molecule has 0 saturated carbocycles. The highest BCUT2D eigenvalue weighted by molar-refractivity contribution is 6.30. The molecule has 0 spiro atoms. The van der Waals surface area contributed by atoms with Crippen molar-refractivity contribution in [3.05, 3.63) is 105 Å². The lowest BCUT2D eigenvalue weighted by molar-refractivity contribution is -0.148. The molecule has 37 heavy (non-hydrogen) atoms. The van der Waals surface area contributed by atoms with E-state index < -0.39 is 35.9 Å². The number of carbonyl (C=O) groups is 2. The summed E-state index contributed by atoms with van der Waals surface area (Å²) in [7, 11) is 0. The van der Waals surface area contributed by atoms with E-state index in [1.54, 1.807) is 42.5 Å². The van der Waals surface area contributed by atoms with E-state index in [9.17, 15) is 23.9 Å². The van der Waals surface area contributed by atoms with E-state index >= 15 is 0 Å². The molecule has 10 nitrogen and oxygen atoms in total. The molecule has 0 radical (unpaired) electrons. The van der Waals surface area contributed by atoms with Gasteiger partial charge in [-0.05, 0) is 41.5 Å². The van der Waals surface area contributed by atoms with Gasteiger partial charge in [0.25, 0.3) is 11.5 Å². The summed E-state index contributed by atoms with van der Waals surface area (Å²) in [5.41, 5.74) is 3.40. The highest BCUT2D eigenvalue weighted by Gasteiger charge is 2.22. The van der Waals surface area contributed by atoms with Crippen LogP contribution in [0.3, 0.4) is 0 Å². The summed E-state index contributed by atoms with van der Waals surface area (Å²) < 4.78 is 15.3. The van der Waals surface area contributed by atoms with Crippen LogP contribution in [0.2, 0.25) is 5.02 Å². The van der Waals surface area contributed by atoms with Crippen LogP contribution in [0.25, 0.3) is 16.9 Å². The number of carbonyl (C=O) groups excluding carboxylic acids is 1. The van der Waals surface area contributed by atoms with Gasteiger partial charge in [-0.15, -0.1) is 0 Å². The fourth-order valence-electron chi connectivity index (χ4n) is 3.54. The minimum Gasteiger partial charge on any atom is -0.479 e. The molecule has 4 rings (SSSR count). The van der Waals surface area contributed by atoms with E-state index in [1.165, 1.54) is 29.4 Å². The van der Waals surface area contributed by atoms with Crippen LogP contribution in [0.15, 0.2) is 77.7 Å². The van der Waals surface area contributed by atoms with Gasteiger partial charge < -0.3 is 10.2 Å². The Hall–Kier alpha value is -4.32. The van der Waals surface area contributed by atoms with E-state index in [4.69, 9.17) is 16.7 Å². The van der Waals surface area contributed by atoms with Crippen LogP contribution in [0, 0.1) is 5.82 Å². The first-order valence-corrected chi connectivity index (χ1v) is 11.3. The maximum Gasteiger partial charge on any atom is 0.333 e. The van der Waals surface area contributed by atoms with E-state index in [1.807, 2.05) is 0 Å². The van der Waals surface area contributed by atoms with Crippen molar-refractivity contribution >= 4 is 23.5 Å². The fraction of sp³-hybridized carbons (Fsp3) is 0.120. The van der Waals surface area contributed by atoms with Gasteiger partial charge in [0.1, 0.15) is 11.5 Å². The van der Waals surface area contributed by atoms with E-state index in [2.05, 4.69) is 15.5 Å². The average Bonchev–Trinajstić information content (AvgIpc) is 3.28. The second kappa shape index (κ2) is 11.2. The number of halogens is 2. The number of carboxylic acids is 1. The second-order valence-electron chi connectivity index (χ2n) is 8.03. The van der Waals surface area contributed by atoms with Crippen LogP contribution in [-0.4, -0.2) is 54.5 Å². The maximum atomic E-state index is 14.2. The summed E-state index contributed by atoms with van der Waals surface area (Å²) >= 11 is 5.97. The summed E-state index contributed by atoms with van der Waals surface area (Å²) in [5, 5.41) is 23.3. The van der Waals surface area contributed by atoms with Crippen LogP contribution >= 0.6 is 11.6 Å². The number of H-pyrrole nitrogens is 1. The number of hydrazine groups is 1. The van der Waals surface area contributed by atoms with Gasteiger partial charge in [0.2, 0.25) is 0 Å². The van der Waals surface area contributed by atoms with Crippen molar-refractivity contribution in [2.45, 2.75) is 12.6 Å². The van der Waals surface area contributed by atoms with Gasteiger partial charge in [-0.1, -0.05) is 41.9 Å². The molecule has 190 valence electrons. The summed E-state index contributed by atoms with van der Waals surface area (Å²) in [6.45, 7) is -0.448. The molecule has 0 aliphatic rings. The molecule has 0 fully saturated rings. The number of pyridine rings is 1. The maximum absolute atomic E-state index is 14.2. The molecular formula is C25H21ClFN5O5. The number of hydrogen-bond donors (Lipinski definition) is 4. The number of nitrogens with one attached hydrogen (secondary N) is 2. The standard InChI is InChI=1S/C25H21ClFN5O5/c26-17-8-9-19(27)18(11-17)16-6-4-15(5-7-16)13-31(14-21(33)25(36)37)30-24(35)20-12-23(34)32(29-20)22-3-1-2-10-28-22/h1-12,21,29,33H,13-14H2,(H,30,35)(H,36,37)/t21-/m1/s1. The number of aliphatic hydroxyl groups is 1. The normalized spacial score (nSPS) is 11.9. The van der Waals surface area contributed by atoms with Crippen LogP contribution in [0.5, 0.6) is 0 Å². The van der Waals surface area contributed by atoms with Gasteiger partial charge in [-0.3, -0.25) is 20.1 Å². The summed E-state index contributed by atoms with van der Waals surface area (Å²) in [5.74, 6) is -2.37. The molecule has 0 saturated heterocycles. The van der Waals surface area contributed by atoms with Gasteiger partial charge in [0.05, 0.1) is 6.54 Å². The van der Waals surface area contributed by atoms with Gasteiger partial charge in [-0.25, -0.2) is 23.9 Å². The van der Waals surface area contributed by atoms with Gasteiger partial charge in [0.15, 0.2) is 11.9 Å². The lowest BCUT2D eigenvalue weighted by Gasteiger charge is -2.24. The zero-order valence-electron chi connectivity index (χ0n) is 19.1. The molecule has 1 amide bonds. The van der Waals surface area contributed by atoms with Crippen LogP contribution in [-0.2, 0) is 11.3 Å². The van der Waals surface area contributed by atoms with Crippen molar-refractivity contribution in [1.82, 2.24) is 25.2 Å². The number of carboxylic acid groups (broad SMARTS) is 1. The molecule has 0 aliphatic carbocycles. The molecule has 0 aliphatic heterocycles. The Balaban J connectivity index is 1.53. The van der Waals surface area contributed by atoms with Crippen LogP contribution in [0.1, 0.15) is 16.1 Å². The summed E-state index contributed by atoms with van der Waals surface area (Å²) in [6.07, 6.45) is -0.305. The van der Waals surface area contributed by atoms with Crippen molar-refractivity contribution in [2.75, 3.05) is 6.54 Å². The average molecular weight is 526 g/mol. The third-order valence-corrected chi connectivity index (χ3v) is 5.58. The number of aromatic amines is 1. The Kier molecular flexibility index (Phi) is 7.77. The number of aliphatic hydroxyl groups excluding tert-OH is 1. The Morgan fingerprint density at radius 3 is 2.57 bits per heavy atom. The van der Waals surface area contributed by atoms with E-state index in [0.29, 0.717) is 21.7 Å². The monoisotopic (exact) mass is 525 g/mol. The van der Waals surface area contributed by atoms with Crippen LogP contribution < -0.4 is 11.0 Å². The smallest absolute Gasteiger partial charge is 0.333 e. The van der Waals surface area contributed by atoms with Crippen LogP contribution in [0.4, 0.5) is 4.39 Å².